The van der Waals surface area contributed by atoms with Crippen molar-refractivity contribution in [2.24, 2.45) is 5.92 Å². The second-order valence-corrected chi connectivity index (χ2v) is 4.37. The Morgan fingerprint density at radius 3 is 3.00 bits per heavy atom. The molecule has 1 heterocycles. The number of fused-ring (bicyclic) bond motifs is 1. The van der Waals surface area contributed by atoms with E-state index >= 15 is 0 Å². The first-order valence-electron chi connectivity index (χ1n) is 5.49. The van der Waals surface area contributed by atoms with E-state index in [2.05, 4.69) is 34.9 Å². The topological polar surface area (TPSA) is 24.1 Å². The summed E-state index contributed by atoms with van der Waals surface area (Å²) in [6, 6.07) is 9.13. The highest BCUT2D eigenvalue weighted by Crippen LogP contribution is 2.32. The van der Waals surface area contributed by atoms with Gasteiger partial charge in [-0.05, 0) is 36.9 Å². The van der Waals surface area contributed by atoms with Gasteiger partial charge in [0.05, 0.1) is 6.04 Å². The monoisotopic (exact) mass is 188 g/mol. The van der Waals surface area contributed by atoms with Gasteiger partial charge in [0.1, 0.15) is 0 Å². The number of anilines is 1. The molecule has 14 heavy (non-hydrogen) atoms. The first kappa shape index (κ1) is 8.30. The van der Waals surface area contributed by atoms with Crippen LogP contribution in [0.2, 0.25) is 0 Å². The average molecular weight is 188 g/mol. The van der Waals surface area contributed by atoms with Crippen molar-refractivity contribution < 1.29 is 0 Å². The Morgan fingerprint density at radius 2 is 2.14 bits per heavy atom. The zero-order valence-corrected chi connectivity index (χ0v) is 8.29. The Kier molecular flexibility index (Phi) is 1.95. The Hall–Kier alpha value is -1.02. The lowest BCUT2D eigenvalue weighted by atomic mass is 10.1. The van der Waals surface area contributed by atoms with Crippen molar-refractivity contribution in [3.05, 3.63) is 29.8 Å². The van der Waals surface area contributed by atoms with E-state index in [1.807, 2.05) is 0 Å². The predicted octanol–water partition coefficient (Wildman–Crippen LogP) is 2.15. The summed E-state index contributed by atoms with van der Waals surface area (Å²) in [5.41, 5.74) is 2.74. The molecular weight excluding hydrogens is 172 g/mol. The smallest absolute Gasteiger partial charge is 0.0516 e. The van der Waals surface area contributed by atoms with Crippen molar-refractivity contribution in [2.75, 3.05) is 18.4 Å². The van der Waals surface area contributed by atoms with E-state index in [1.54, 1.807) is 0 Å². The summed E-state index contributed by atoms with van der Waals surface area (Å²) >= 11 is 0. The standard InChI is InChI=1S/C12H16N2/c1-2-4-11-10(3-1)12(8-14-11)13-7-9-5-6-9/h1-4,9,12-14H,5-8H2/t12-/m0/s1. The van der Waals surface area contributed by atoms with Gasteiger partial charge in [-0.15, -0.1) is 0 Å². The van der Waals surface area contributed by atoms with Gasteiger partial charge in [-0.25, -0.2) is 0 Å². The van der Waals surface area contributed by atoms with Crippen LogP contribution in [0.3, 0.4) is 0 Å². The van der Waals surface area contributed by atoms with E-state index < -0.39 is 0 Å². The Morgan fingerprint density at radius 1 is 1.29 bits per heavy atom. The SMILES string of the molecule is c1ccc2c(c1)NC[C@@H]2NCC1CC1. The third kappa shape index (κ3) is 1.50. The Bertz CT molecular complexity index is 331. The molecule has 0 spiro atoms. The van der Waals surface area contributed by atoms with Crippen LogP contribution in [0, 0.1) is 5.92 Å². The third-order valence-corrected chi connectivity index (χ3v) is 3.18. The minimum Gasteiger partial charge on any atom is -0.383 e. The fraction of sp³-hybridized carbons (Fsp3) is 0.500. The first-order chi connectivity index (χ1) is 6.93. The van der Waals surface area contributed by atoms with Crippen LogP contribution in [0.5, 0.6) is 0 Å². The van der Waals surface area contributed by atoms with Crippen LogP contribution in [-0.4, -0.2) is 13.1 Å². The molecule has 2 heteroatoms. The van der Waals surface area contributed by atoms with E-state index in [-0.39, 0.29) is 0 Å². The number of hydrogen-bond donors (Lipinski definition) is 2. The van der Waals surface area contributed by atoms with Gasteiger partial charge in [-0.1, -0.05) is 18.2 Å². The molecule has 0 amide bonds. The van der Waals surface area contributed by atoms with E-state index in [0.29, 0.717) is 6.04 Å². The molecule has 2 aliphatic rings. The van der Waals surface area contributed by atoms with Crippen molar-refractivity contribution in [3.63, 3.8) is 0 Å². The molecule has 0 saturated heterocycles. The highest BCUT2D eigenvalue weighted by molar-refractivity contribution is 5.57. The number of hydrogen-bond acceptors (Lipinski definition) is 2. The molecule has 1 saturated carbocycles. The highest BCUT2D eigenvalue weighted by atomic mass is 15.0. The van der Waals surface area contributed by atoms with Crippen LogP contribution in [-0.2, 0) is 0 Å². The molecule has 1 aromatic rings. The molecule has 1 atom stereocenters. The molecule has 3 rings (SSSR count). The molecule has 0 unspecified atom stereocenters. The Balaban J connectivity index is 1.70. The zero-order valence-electron chi connectivity index (χ0n) is 8.29. The molecule has 2 nitrogen and oxygen atoms in total. The largest absolute Gasteiger partial charge is 0.383 e. The van der Waals surface area contributed by atoms with E-state index in [0.717, 1.165) is 12.5 Å². The van der Waals surface area contributed by atoms with Crippen molar-refractivity contribution in [1.29, 1.82) is 0 Å². The van der Waals surface area contributed by atoms with Gasteiger partial charge in [-0.2, -0.15) is 0 Å². The summed E-state index contributed by atoms with van der Waals surface area (Å²) in [5, 5.41) is 7.07. The van der Waals surface area contributed by atoms with Crippen LogP contribution < -0.4 is 10.6 Å². The minimum absolute atomic E-state index is 0.534. The number of para-hydroxylation sites is 1. The molecule has 1 fully saturated rings. The lowest BCUT2D eigenvalue weighted by Crippen LogP contribution is -2.24. The second kappa shape index (κ2) is 3.28. The minimum atomic E-state index is 0.534. The fourth-order valence-electron chi connectivity index (χ4n) is 2.10. The van der Waals surface area contributed by atoms with Gasteiger partial charge < -0.3 is 10.6 Å². The summed E-state index contributed by atoms with van der Waals surface area (Å²) in [4.78, 5) is 0. The summed E-state index contributed by atoms with van der Waals surface area (Å²) in [7, 11) is 0. The summed E-state index contributed by atoms with van der Waals surface area (Å²) in [6.07, 6.45) is 2.85. The first-order valence-corrected chi connectivity index (χ1v) is 5.49. The maximum atomic E-state index is 3.64. The molecule has 1 aliphatic heterocycles. The van der Waals surface area contributed by atoms with Crippen LogP contribution >= 0.6 is 0 Å². The predicted molar refractivity (Wildman–Crippen MR) is 58.4 cm³/mol. The lowest BCUT2D eigenvalue weighted by molar-refractivity contribution is 0.547. The summed E-state index contributed by atoms with van der Waals surface area (Å²) < 4.78 is 0. The van der Waals surface area contributed by atoms with Crippen molar-refractivity contribution in [1.82, 2.24) is 5.32 Å². The van der Waals surface area contributed by atoms with Gasteiger partial charge in [-0.3, -0.25) is 0 Å². The van der Waals surface area contributed by atoms with E-state index in [4.69, 9.17) is 0 Å². The molecule has 2 N–H and O–H groups in total. The molecule has 1 aromatic carbocycles. The quantitative estimate of drug-likeness (QED) is 0.759. The van der Waals surface area contributed by atoms with Crippen molar-refractivity contribution in [2.45, 2.75) is 18.9 Å². The van der Waals surface area contributed by atoms with Crippen LogP contribution in [0.25, 0.3) is 0 Å². The highest BCUT2D eigenvalue weighted by Gasteiger charge is 2.25. The molecule has 0 bridgehead atoms. The molecule has 74 valence electrons. The maximum absolute atomic E-state index is 3.64. The van der Waals surface area contributed by atoms with Crippen molar-refractivity contribution in [3.8, 4) is 0 Å². The van der Waals surface area contributed by atoms with Gasteiger partial charge in [0, 0.05) is 12.2 Å². The lowest BCUT2D eigenvalue weighted by Gasteiger charge is -2.11. The average Bonchev–Trinajstić information content (AvgIpc) is 2.96. The number of nitrogens with one attached hydrogen (secondary N) is 2. The summed E-state index contributed by atoms with van der Waals surface area (Å²) in [6.45, 7) is 2.24. The fourth-order valence-corrected chi connectivity index (χ4v) is 2.10. The van der Waals surface area contributed by atoms with Gasteiger partial charge in [0.15, 0.2) is 0 Å². The van der Waals surface area contributed by atoms with Gasteiger partial charge >= 0.3 is 0 Å². The number of rotatable bonds is 3. The van der Waals surface area contributed by atoms with E-state index in [1.165, 1.54) is 30.6 Å². The molecular formula is C12H16N2. The van der Waals surface area contributed by atoms with Crippen LogP contribution in [0.4, 0.5) is 5.69 Å². The van der Waals surface area contributed by atoms with Crippen LogP contribution in [0.15, 0.2) is 24.3 Å². The third-order valence-electron chi connectivity index (χ3n) is 3.18. The zero-order chi connectivity index (χ0) is 9.38. The van der Waals surface area contributed by atoms with Gasteiger partial charge in [0.25, 0.3) is 0 Å². The Labute approximate surface area is 84.7 Å². The van der Waals surface area contributed by atoms with E-state index in [9.17, 15) is 0 Å². The number of benzene rings is 1. The second-order valence-electron chi connectivity index (χ2n) is 4.37. The molecule has 1 aliphatic carbocycles. The maximum Gasteiger partial charge on any atom is 0.0516 e. The van der Waals surface area contributed by atoms with Crippen molar-refractivity contribution >= 4 is 5.69 Å². The summed E-state index contributed by atoms with van der Waals surface area (Å²) in [5.74, 6) is 0.961. The molecule has 0 aromatic heterocycles. The normalized spacial score (nSPS) is 24.4. The molecule has 0 radical (unpaired) electrons. The van der Waals surface area contributed by atoms with Crippen LogP contribution in [0.1, 0.15) is 24.4 Å². The van der Waals surface area contributed by atoms with Gasteiger partial charge in [0.2, 0.25) is 0 Å².